The van der Waals surface area contributed by atoms with Crippen LogP contribution in [0.1, 0.15) is 23.3 Å². The number of amides is 1. The Morgan fingerprint density at radius 3 is 3.44 bits per heavy atom. The van der Waals surface area contributed by atoms with Gasteiger partial charge in [-0.2, -0.15) is 0 Å². The molecule has 1 aromatic heterocycles. The number of hydrogen-bond donors (Lipinski definition) is 1. The van der Waals surface area contributed by atoms with Gasteiger partial charge in [0.2, 0.25) is 0 Å². The first-order chi connectivity index (χ1) is 8.83. The first-order valence-electron chi connectivity index (χ1n) is 6.35. The zero-order chi connectivity index (χ0) is 12.4. The Hall–Kier alpha value is -0.980. The van der Waals surface area contributed by atoms with Crippen LogP contribution < -0.4 is 5.32 Å². The van der Waals surface area contributed by atoms with E-state index in [1.165, 1.54) is 30.7 Å². The number of aromatic nitrogens is 1. The number of nitrogens with zero attached hydrogens (tertiary/aromatic N) is 2. The number of ether oxygens (including phenoxy) is 1. The lowest BCUT2D eigenvalue weighted by Crippen LogP contribution is -2.50. The molecule has 2 atom stereocenters. The smallest absolute Gasteiger partial charge is 0.270 e. The van der Waals surface area contributed by atoms with Crippen LogP contribution in [-0.4, -0.2) is 54.2 Å². The Bertz CT molecular complexity index is 409. The highest BCUT2D eigenvalue weighted by Crippen LogP contribution is 2.22. The van der Waals surface area contributed by atoms with Gasteiger partial charge >= 0.3 is 0 Å². The van der Waals surface area contributed by atoms with Crippen LogP contribution in [0.25, 0.3) is 0 Å². The van der Waals surface area contributed by atoms with Crippen molar-refractivity contribution in [3.8, 4) is 0 Å². The first kappa shape index (κ1) is 12.1. The van der Waals surface area contributed by atoms with Crippen molar-refractivity contribution < 1.29 is 9.53 Å². The SMILES string of the molecule is O=C(NCC1CN2CCCC2CO1)c1cscn1. The number of nitrogens with one attached hydrogen (secondary N) is 1. The molecule has 3 heterocycles. The van der Waals surface area contributed by atoms with Crippen LogP contribution in [0.3, 0.4) is 0 Å². The molecule has 5 nitrogen and oxygen atoms in total. The molecule has 3 rings (SSSR count). The fourth-order valence-electron chi connectivity index (χ4n) is 2.63. The molecule has 18 heavy (non-hydrogen) atoms. The molecule has 0 bridgehead atoms. The number of carbonyl (C=O) groups is 1. The number of morpholine rings is 1. The zero-order valence-electron chi connectivity index (χ0n) is 10.2. The van der Waals surface area contributed by atoms with Gasteiger partial charge in [-0.25, -0.2) is 4.98 Å². The van der Waals surface area contributed by atoms with Crippen LogP contribution in [0, 0.1) is 0 Å². The van der Waals surface area contributed by atoms with E-state index >= 15 is 0 Å². The van der Waals surface area contributed by atoms with E-state index in [9.17, 15) is 4.79 Å². The molecule has 1 aromatic rings. The second-order valence-corrected chi connectivity index (χ2v) is 5.55. The highest BCUT2D eigenvalue weighted by molar-refractivity contribution is 7.07. The molecule has 0 spiro atoms. The topological polar surface area (TPSA) is 54.5 Å². The summed E-state index contributed by atoms with van der Waals surface area (Å²) in [7, 11) is 0. The van der Waals surface area contributed by atoms with E-state index in [1.807, 2.05) is 0 Å². The van der Waals surface area contributed by atoms with E-state index in [1.54, 1.807) is 10.9 Å². The molecule has 2 aliphatic heterocycles. The lowest BCUT2D eigenvalue weighted by Gasteiger charge is -2.35. The van der Waals surface area contributed by atoms with E-state index < -0.39 is 0 Å². The minimum atomic E-state index is -0.108. The number of hydrogen-bond acceptors (Lipinski definition) is 5. The maximum atomic E-state index is 11.7. The lowest BCUT2D eigenvalue weighted by atomic mass is 10.2. The quantitative estimate of drug-likeness (QED) is 0.877. The number of rotatable bonds is 3. The molecule has 2 saturated heterocycles. The third-order valence-electron chi connectivity index (χ3n) is 3.62. The largest absolute Gasteiger partial charge is 0.373 e. The predicted molar refractivity (Wildman–Crippen MR) is 68.8 cm³/mol. The van der Waals surface area contributed by atoms with Crippen molar-refractivity contribution in [3.63, 3.8) is 0 Å². The summed E-state index contributed by atoms with van der Waals surface area (Å²) in [5, 5.41) is 4.65. The first-order valence-corrected chi connectivity index (χ1v) is 7.29. The summed E-state index contributed by atoms with van der Waals surface area (Å²) in [4.78, 5) is 18.2. The molecule has 98 valence electrons. The van der Waals surface area contributed by atoms with Gasteiger partial charge in [-0.1, -0.05) is 0 Å². The standard InChI is InChI=1S/C12H17N3O2S/c16-12(11-7-18-8-14-11)13-4-10-5-15-3-1-2-9(15)6-17-10/h7-10H,1-6H2,(H,13,16). The molecule has 2 fully saturated rings. The van der Waals surface area contributed by atoms with Crippen LogP contribution in [0.5, 0.6) is 0 Å². The fourth-order valence-corrected chi connectivity index (χ4v) is 3.16. The zero-order valence-corrected chi connectivity index (χ0v) is 11.0. The van der Waals surface area contributed by atoms with Crippen molar-refractivity contribution in [1.29, 1.82) is 0 Å². The molecule has 2 aliphatic rings. The van der Waals surface area contributed by atoms with E-state index in [4.69, 9.17) is 4.74 Å². The summed E-state index contributed by atoms with van der Waals surface area (Å²) in [6, 6.07) is 0.607. The van der Waals surface area contributed by atoms with Gasteiger partial charge in [0.25, 0.3) is 5.91 Å². The Morgan fingerprint density at radius 2 is 2.61 bits per heavy atom. The van der Waals surface area contributed by atoms with E-state index in [0.717, 1.165) is 13.2 Å². The van der Waals surface area contributed by atoms with Crippen molar-refractivity contribution >= 4 is 17.2 Å². The Kier molecular flexibility index (Phi) is 3.58. The maximum Gasteiger partial charge on any atom is 0.270 e. The predicted octanol–water partition coefficient (Wildman–Crippen LogP) is 0.736. The summed E-state index contributed by atoms with van der Waals surface area (Å²) < 4.78 is 5.79. The molecule has 0 aromatic carbocycles. The third-order valence-corrected chi connectivity index (χ3v) is 4.20. The molecule has 1 amide bonds. The average molecular weight is 267 g/mol. The van der Waals surface area contributed by atoms with Gasteiger partial charge in [-0.15, -0.1) is 11.3 Å². The van der Waals surface area contributed by atoms with Gasteiger partial charge in [0.15, 0.2) is 0 Å². The van der Waals surface area contributed by atoms with Crippen molar-refractivity contribution in [2.75, 3.05) is 26.2 Å². The molecule has 0 aliphatic carbocycles. The summed E-state index contributed by atoms with van der Waals surface area (Å²) in [5.41, 5.74) is 2.16. The summed E-state index contributed by atoms with van der Waals surface area (Å²) in [6.07, 6.45) is 2.63. The molecule has 0 radical (unpaired) electrons. The molecular formula is C12H17N3O2S. The van der Waals surface area contributed by atoms with Crippen molar-refractivity contribution in [1.82, 2.24) is 15.2 Å². The monoisotopic (exact) mass is 267 g/mol. The minimum Gasteiger partial charge on any atom is -0.373 e. The molecule has 1 N–H and O–H groups in total. The van der Waals surface area contributed by atoms with Gasteiger partial charge in [0, 0.05) is 24.5 Å². The van der Waals surface area contributed by atoms with Gasteiger partial charge in [0.1, 0.15) is 5.69 Å². The average Bonchev–Trinajstić information content (AvgIpc) is 3.05. The van der Waals surface area contributed by atoms with E-state index in [2.05, 4.69) is 15.2 Å². The van der Waals surface area contributed by atoms with Crippen LogP contribution in [0.4, 0.5) is 0 Å². The third kappa shape index (κ3) is 2.55. The van der Waals surface area contributed by atoms with Gasteiger partial charge in [0.05, 0.1) is 18.2 Å². The second-order valence-electron chi connectivity index (χ2n) is 4.83. The highest BCUT2D eigenvalue weighted by Gasteiger charge is 2.32. The van der Waals surface area contributed by atoms with Crippen molar-refractivity contribution in [2.45, 2.75) is 25.0 Å². The highest BCUT2D eigenvalue weighted by atomic mass is 32.1. The van der Waals surface area contributed by atoms with Crippen LogP contribution in [0.15, 0.2) is 10.9 Å². The van der Waals surface area contributed by atoms with Crippen LogP contribution in [-0.2, 0) is 4.74 Å². The normalized spacial score (nSPS) is 28.0. The Labute approximate surface area is 110 Å². The fraction of sp³-hybridized carbons (Fsp3) is 0.667. The number of fused-ring (bicyclic) bond motifs is 1. The number of carbonyl (C=O) groups excluding carboxylic acids is 1. The van der Waals surface area contributed by atoms with E-state index in [-0.39, 0.29) is 12.0 Å². The molecular weight excluding hydrogens is 250 g/mol. The Morgan fingerprint density at radius 1 is 1.67 bits per heavy atom. The maximum absolute atomic E-state index is 11.7. The van der Waals surface area contributed by atoms with Gasteiger partial charge in [-0.3, -0.25) is 9.69 Å². The summed E-state index contributed by atoms with van der Waals surface area (Å²) >= 11 is 1.43. The Balaban J connectivity index is 1.47. The summed E-state index contributed by atoms with van der Waals surface area (Å²) in [6.45, 7) is 3.48. The van der Waals surface area contributed by atoms with Crippen LogP contribution >= 0.6 is 11.3 Å². The molecule has 2 unspecified atom stereocenters. The molecule has 0 saturated carbocycles. The van der Waals surface area contributed by atoms with Crippen molar-refractivity contribution in [2.24, 2.45) is 0 Å². The van der Waals surface area contributed by atoms with Crippen molar-refractivity contribution in [3.05, 3.63) is 16.6 Å². The van der Waals surface area contributed by atoms with E-state index in [0.29, 0.717) is 18.3 Å². The number of thiazole rings is 1. The van der Waals surface area contributed by atoms with Gasteiger partial charge < -0.3 is 10.1 Å². The lowest BCUT2D eigenvalue weighted by molar-refractivity contribution is -0.0462. The second kappa shape index (κ2) is 5.34. The molecule has 6 heteroatoms. The van der Waals surface area contributed by atoms with Crippen LogP contribution in [0.2, 0.25) is 0 Å². The summed E-state index contributed by atoms with van der Waals surface area (Å²) in [5.74, 6) is -0.108. The van der Waals surface area contributed by atoms with Gasteiger partial charge in [-0.05, 0) is 19.4 Å². The minimum absolute atomic E-state index is 0.108.